The molecule has 1 amide bonds. The lowest BCUT2D eigenvalue weighted by atomic mass is 10.1. The normalized spacial score (nSPS) is 17.7. The van der Waals surface area contributed by atoms with Crippen molar-refractivity contribution in [2.24, 2.45) is 5.92 Å². The van der Waals surface area contributed by atoms with Crippen LogP contribution in [0.1, 0.15) is 18.1 Å². The number of piperazine rings is 1. The summed E-state index contributed by atoms with van der Waals surface area (Å²) in [4.78, 5) is 12.2. The molecule has 1 saturated heterocycles. The van der Waals surface area contributed by atoms with E-state index in [4.69, 9.17) is 0 Å². The lowest BCUT2D eigenvalue weighted by Crippen LogP contribution is -2.48. The number of amides is 1. The van der Waals surface area contributed by atoms with Gasteiger partial charge < -0.3 is 10.6 Å². The quantitative estimate of drug-likeness (QED) is 0.790. The van der Waals surface area contributed by atoms with Gasteiger partial charge in [-0.05, 0) is 18.1 Å². The van der Waals surface area contributed by atoms with Gasteiger partial charge in [-0.1, -0.05) is 31.2 Å². The van der Waals surface area contributed by atoms with Crippen LogP contribution < -0.4 is 10.6 Å². The van der Waals surface area contributed by atoms with Crippen LogP contribution in [-0.4, -0.2) is 50.6 Å². The predicted octanol–water partition coefficient (Wildman–Crippen LogP) is 0.482. The van der Waals surface area contributed by atoms with E-state index in [0.717, 1.165) is 11.1 Å². The molecule has 1 aliphatic heterocycles. The highest BCUT2D eigenvalue weighted by Gasteiger charge is 2.28. The fraction of sp³-hybridized carbons (Fsp3) is 0.562. The molecular formula is C16H25N3O3S. The summed E-state index contributed by atoms with van der Waals surface area (Å²) < 4.78 is 26.2. The van der Waals surface area contributed by atoms with Crippen LogP contribution in [0.3, 0.4) is 0 Å². The van der Waals surface area contributed by atoms with Crippen molar-refractivity contribution in [3.63, 3.8) is 0 Å². The minimum atomic E-state index is -3.39. The number of sulfonamides is 1. The molecule has 1 atom stereocenters. The third kappa shape index (κ3) is 5.02. The van der Waals surface area contributed by atoms with Gasteiger partial charge in [0.15, 0.2) is 0 Å². The van der Waals surface area contributed by atoms with E-state index in [2.05, 4.69) is 10.6 Å². The Kier molecular flexibility index (Phi) is 6.15. The Balaban J connectivity index is 1.88. The van der Waals surface area contributed by atoms with E-state index < -0.39 is 15.9 Å². The maximum absolute atomic E-state index is 12.3. The Morgan fingerprint density at radius 3 is 2.61 bits per heavy atom. The second kappa shape index (κ2) is 7.90. The van der Waals surface area contributed by atoms with Gasteiger partial charge in [-0.15, -0.1) is 0 Å². The van der Waals surface area contributed by atoms with E-state index in [1.54, 1.807) is 6.92 Å². The zero-order valence-corrected chi connectivity index (χ0v) is 14.5. The summed E-state index contributed by atoms with van der Waals surface area (Å²) in [5, 5.41) is 5.95. The summed E-state index contributed by atoms with van der Waals surface area (Å²) >= 11 is 0. The number of nitrogens with zero attached hydrogens (tertiary/aromatic N) is 1. The standard InChI is InChI=1S/C16H25N3O3S/c1-13-5-3-4-6-15(13)11-18-16(20)14(2)12-23(21,22)19-9-7-17-8-10-19/h3-6,14,17H,7-12H2,1-2H3,(H,18,20). The number of rotatable bonds is 6. The number of carbonyl (C=O) groups is 1. The Hall–Kier alpha value is -1.44. The van der Waals surface area contributed by atoms with E-state index in [1.165, 1.54) is 4.31 Å². The topological polar surface area (TPSA) is 78.5 Å². The number of hydrogen-bond donors (Lipinski definition) is 2. The lowest BCUT2D eigenvalue weighted by molar-refractivity contribution is -0.124. The molecule has 1 fully saturated rings. The van der Waals surface area contributed by atoms with Crippen LogP contribution in [0, 0.1) is 12.8 Å². The summed E-state index contributed by atoms with van der Waals surface area (Å²) in [5.41, 5.74) is 2.15. The summed E-state index contributed by atoms with van der Waals surface area (Å²) in [7, 11) is -3.39. The van der Waals surface area contributed by atoms with Crippen LogP contribution in [0.25, 0.3) is 0 Å². The smallest absolute Gasteiger partial charge is 0.224 e. The third-order valence-electron chi connectivity index (χ3n) is 4.09. The van der Waals surface area contributed by atoms with Crippen LogP contribution in [-0.2, 0) is 21.4 Å². The number of hydrogen-bond acceptors (Lipinski definition) is 4. The number of aryl methyl sites for hydroxylation is 1. The molecule has 1 aromatic carbocycles. The lowest BCUT2D eigenvalue weighted by Gasteiger charge is -2.27. The summed E-state index contributed by atoms with van der Waals surface area (Å²) in [6.45, 7) is 6.33. The molecule has 1 unspecified atom stereocenters. The summed E-state index contributed by atoms with van der Waals surface area (Å²) in [6.07, 6.45) is 0. The van der Waals surface area contributed by atoms with Crippen molar-refractivity contribution in [2.75, 3.05) is 31.9 Å². The van der Waals surface area contributed by atoms with E-state index >= 15 is 0 Å². The molecule has 0 aliphatic carbocycles. The molecule has 1 aliphatic rings. The first-order valence-corrected chi connectivity index (χ1v) is 9.52. The van der Waals surface area contributed by atoms with Crippen molar-refractivity contribution in [3.8, 4) is 0 Å². The van der Waals surface area contributed by atoms with Crippen molar-refractivity contribution in [1.29, 1.82) is 0 Å². The van der Waals surface area contributed by atoms with Gasteiger partial charge in [-0.2, -0.15) is 4.31 Å². The van der Waals surface area contributed by atoms with Gasteiger partial charge in [0.05, 0.1) is 11.7 Å². The third-order valence-corrected chi connectivity index (χ3v) is 6.17. The number of carbonyl (C=O) groups excluding carboxylic acids is 1. The zero-order valence-electron chi connectivity index (χ0n) is 13.7. The van der Waals surface area contributed by atoms with Gasteiger partial charge in [0.25, 0.3) is 0 Å². The first-order valence-electron chi connectivity index (χ1n) is 7.91. The molecule has 128 valence electrons. The van der Waals surface area contributed by atoms with Gasteiger partial charge in [0.2, 0.25) is 15.9 Å². The van der Waals surface area contributed by atoms with Gasteiger partial charge in [-0.25, -0.2) is 8.42 Å². The number of benzene rings is 1. The molecule has 2 N–H and O–H groups in total. The van der Waals surface area contributed by atoms with E-state index in [0.29, 0.717) is 32.7 Å². The second-order valence-corrected chi connectivity index (χ2v) is 7.99. The highest BCUT2D eigenvalue weighted by Crippen LogP contribution is 2.10. The Morgan fingerprint density at radius 2 is 1.96 bits per heavy atom. The second-order valence-electron chi connectivity index (χ2n) is 5.97. The van der Waals surface area contributed by atoms with Crippen molar-refractivity contribution in [3.05, 3.63) is 35.4 Å². The molecule has 2 rings (SSSR count). The fourth-order valence-electron chi connectivity index (χ4n) is 2.58. The van der Waals surface area contributed by atoms with Crippen LogP contribution in [0.5, 0.6) is 0 Å². The van der Waals surface area contributed by atoms with E-state index in [-0.39, 0.29) is 11.7 Å². The molecular weight excluding hydrogens is 314 g/mol. The maximum Gasteiger partial charge on any atom is 0.224 e. The van der Waals surface area contributed by atoms with Crippen LogP contribution in [0.2, 0.25) is 0 Å². The highest BCUT2D eigenvalue weighted by atomic mass is 32.2. The first kappa shape index (κ1) is 17.9. The Labute approximate surface area is 138 Å². The maximum atomic E-state index is 12.3. The Bertz CT molecular complexity index is 640. The van der Waals surface area contributed by atoms with Crippen LogP contribution in [0.15, 0.2) is 24.3 Å². The van der Waals surface area contributed by atoms with Crippen molar-refractivity contribution in [1.82, 2.24) is 14.9 Å². The summed E-state index contributed by atoms with van der Waals surface area (Å²) in [6, 6.07) is 7.81. The average Bonchev–Trinajstić information content (AvgIpc) is 2.54. The average molecular weight is 339 g/mol. The SMILES string of the molecule is Cc1ccccc1CNC(=O)C(C)CS(=O)(=O)N1CCNCC1. The van der Waals surface area contributed by atoms with Gasteiger partial charge in [0.1, 0.15) is 0 Å². The largest absolute Gasteiger partial charge is 0.352 e. The van der Waals surface area contributed by atoms with Crippen molar-refractivity contribution in [2.45, 2.75) is 20.4 Å². The van der Waals surface area contributed by atoms with Gasteiger partial charge >= 0.3 is 0 Å². The van der Waals surface area contributed by atoms with E-state index in [1.807, 2.05) is 31.2 Å². The van der Waals surface area contributed by atoms with Crippen molar-refractivity contribution < 1.29 is 13.2 Å². The van der Waals surface area contributed by atoms with Crippen molar-refractivity contribution >= 4 is 15.9 Å². The molecule has 0 saturated carbocycles. The highest BCUT2D eigenvalue weighted by molar-refractivity contribution is 7.89. The molecule has 23 heavy (non-hydrogen) atoms. The van der Waals surface area contributed by atoms with Gasteiger partial charge in [-0.3, -0.25) is 4.79 Å². The molecule has 1 aromatic rings. The monoisotopic (exact) mass is 339 g/mol. The van der Waals surface area contributed by atoms with Crippen LogP contribution in [0.4, 0.5) is 0 Å². The molecule has 7 heteroatoms. The minimum Gasteiger partial charge on any atom is -0.352 e. The van der Waals surface area contributed by atoms with Crippen LogP contribution >= 0.6 is 0 Å². The number of nitrogens with one attached hydrogen (secondary N) is 2. The van der Waals surface area contributed by atoms with Gasteiger partial charge in [0, 0.05) is 32.7 Å². The minimum absolute atomic E-state index is 0.146. The molecule has 0 bridgehead atoms. The first-order chi connectivity index (χ1) is 10.9. The van der Waals surface area contributed by atoms with E-state index in [9.17, 15) is 13.2 Å². The molecule has 6 nitrogen and oxygen atoms in total. The molecule has 1 heterocycles. The summed E-state index contributed by atoms with van der Waals surface area (Å²) in [5.74, 6) is -0.946. The zero-order chi connectivity index (χ0) is 16.9. The predicted molar refractivity (Wildman–Crippen MR) is 90.4 cm³/mol. The molecule has 0 aromatic heterocycles. The molecule has 0 radical (unpaired) electrons. The Morgan fingerprint density at radius 1 is 1.30 bits per heavy atom. The fourth-order valence-corrected chi connectivity index (χ4v) is 4.32. The molecule has 0 spiro atoms.